The van der Waals surface area contributed by atoms with Gasteiger partial charge in [0.1, 0.15) is 0 Å². The Morgan fingerprint density at radius 2 is 1.88 bits per heavy atom. The van der Waals surface area contributed by atoms with Crippen LogP contribution in [0.5, 0.6) is 0 Å². The van der Waals surface area contributed by atoms with Crippen LogP contribution in [-0.2, 0) is 12.6 Å². The summed E-state index contributed by atoms with van der Waals surface area (Å²) in [6, 6.07) is 8.89. The first-order valence-electron chi connectivity index (χ1n) is 7.13. The highest BCUT2D eigenvalue weighted by Gasteiger charge is 2.30. The van der Waals surface area contributed by atoms with E-state index in [1.165, 1.54) is 30.3 Å². The molecule has 0 aliphatic carbocycles. The normalized spacial score (nSPS) is 11.7. The second-order valence-electron chi connectivity index (χ2n) is 5.40. The summed E-state index contributed by atoms with van der Waals surface area (Å²) in [5, 5.41) is 6.50. The van der Waals surface area contributed by atoms with Gasteiger partial charge >= 0.3 is 6.18 Å². The molecule has 0 atom stereocenters. The Bertz CT molecular complexity index is 1030. The van der Waals surface area contributed by atoms with E-state index in [1.807, 2.05) is 0 Å². The van der Waals surface area contributed by atoms with Crippen LogP contribution in [0.3, 0.4) is 0 Å². The van der Waals surface area contributed by atoms with Crippen molar-refractivity contribution in [1.29, 1.82) is 0 Å². The first kappa shape index (κ1) is 17.2. The molecule has 1 heterocycles. The van der Waals surface area contributed by atoms with Gasteiger partial charge in [0.25, 0.3) is 5.56 Å². The van der Waals surface area contributed by atoms with E-state index in [2.05, 4.69) is 10.2 Å². The van der Waals surface area contributed by atoms with Gasteiger partial charge in [-0.15, -0.1) is 0 Å². The van der Waals surface area contributed by atoms with E-state index in [9.17, 15) is 22.8 Å². The Morgan fingerprint density at radius 3 is 2.60 bits per heavy atom. The Hall–Kier alpha value is -2.67. The molecule has 2 aromatic carbocycles. The average molecular weight is 367 g/mol. The second kappa shape index (κ2) is 6.33. The number of aromatic nitrogens is 2. The van der Waals surface area contributed by atoms with Crippen molar-refractivity contribution in [2.75, 3.05) is 0 Å². The second-order valence-corrected chi connectivity index (χ2v) is 5.76. The fourth-order valence-electron chi connectivity index (χ4n) is 2.45. The molecule has 0 radical (unpaired) electrons. The van der Waals surface area contributed by atoms with Gasteiger partial charge in [0.2, 0.25) is 0 Å². The van der Waals surface area contributed by atoms with E-state index in [0.717, 1.165) is 12.1 Å². The van der Waals surface area contributed by atoms with Crippen LogP contribution in [0.1, 0.15) is 21.5 Å². The summed E-state index contributed by atoms with van der Waals surface area (Å²) in [4.78, 5) is 24.2. The number of halogens is 4. The minimum atomic E-state index is -4.47. The standard InChI is InChI=1S/C17H10ClF3N2O2/c18-15-12-5-4-10(8-13(12)16(25)23-22-15)14(24)7-9-2-1-3-11(6-9)17(19,20)21/h1-6,8H,7H2,(H,23,25). The first-order valence-corrected chi connectivity index (χ1v) is 7.51. The number of aromatic amines is 1. The van der Waals surface area contributed by atoms with E-state index in [1.54, 1.807) is 0 Å². The first-order chi connectivity index (χ1) is 11.8. The third kappa shape index (κ3) is 3.56. The van der Waals surface area contributed by atoms with Gasteiger partial charge in [-0.1, -0.05) is 41.9 Å². The van der Waals surface area contributed by atoms with Gasteiger partial charge in [-0.3, -0.25) is 9.59 Å². The molecule has 1 aromatic heterocycles. The van der Waals surface area contributed by atoms with Crippen LogP contribution in [0.15, 0.2) is 47.3 Å². The van der Waals surface area contributed by atoms with Gasteiger partial charge < -0.3 is 0 Å². The molecule has 0 saturated carbocycles. The zero-order chi connectivity index (χ0) is 18.2. The molecule has 3 aromatic rings. The van der Waals surface area contributed by atoms with Crippen molar-refractivity contribution < 1.29 is 18.0 Å². The summed E-state index contributed by atoms with van der Waals surface area (Å²) < 4.78 is 38.2. The number of alkyl halides is 3. The third-order valence-corrected chi connectivity index (χ3v) is 3.97. The number of hydrogen-bond acceptors (Lipinski definition) is 3. The molecule has 4 nitrogen and oxygen atoms in total. The maximum Gasteiger partial charge on any atom is 0.416 e. The fraction of sp³-hybridized carbons (Fsp3) is 0.118. The van der Waals surface area contributed by atoms with Crippen LogP contribution in [0.2, 0.25) is 5.15 Å². The smallest absolute Gasteiger partial charge is 0.294 e. The molecule has 0 spiro atoms. The van der Waals surface area contributed by atoms with Crippen molar-refractivity contribution in [2.24, 2.45) is 0 Å². The molecule has 25 heavy (non-hydrogen) atoms. The lowest BCUT2D eigenvalue weighted by Gasteiger charge is -2.08. The lowest BCUT2D eigenvalue weighted by molar-refractivity contribution is -0.137. The van der Waals surface area contributed by atoms with Crippen LogP contribution in [0.25, 0.3) is 10.8 Å². The molecular weight excluding hydrogens is 357 g/mol. The summed E-state index contributed by atoms with van der Waals surface area (Å²) >= 11 is 5.88. The van der Waals surface area contributed by atoms with Gasteiger partial charge in [-0.05, 0) is 17.7 Å². The molecule has 3 rings (SSSR count). The molecule has 0 fully saturated rings. The van der Waals surface area contributed by atoms with E-state index < -0.39 is 23.1 Å². The van der Waals surface area contributed by atoms with Gasteiger partial charge in [-0.25, -0.2) is 5.10 Å². The van der Waals surface area contributed by atoms with Crippen LogP contribution in [0.4, 0.5) is 13.2 Å². The van der Waals surface area contributed by atoms with Crippen molar-refractivity contribution in [2.45, 2.75) is 12.6 Å². The summed E-state index contributed by atoms with van der Waals surface area (Å²) in [7, 11) is 0. The van der Waals surface area contributed by atoms with Crippen LogP contribution < -0.4 is 5.56 Å². The number of carbonyl (C=O) groups is 1. The Morgan fingerprint density at radius 1 is 1.12 bits per heavy atom. The average Bonchev–Trinajstić information content (AvgIpc) is 2.57. The van der Waals surface area contributed by atoms with Crippen LogP contribution >= 0.6 is 11.6 Å². The maximum absolute atomic E-state index is 12.7. The summed E-state index contributed by atoms with van der Waals surface area (Å²) in [5.41, 5.74) is -0.877. The number of rotatable bonds is 3. The monoisotopic (exact) mass is 366 g/mol. The number of nitrogens with one attached hydrogen (secondary N) is 1. The topological polar surface area (TPSA) is 62.8 Å². The molecule has 128 valence electrons. The van der Waals surface area contributed by atoms with Crippen LogP contribution in [0, 0.1) is 0 Å². The summed E-state index contributed by atoms with van der Waals surface area (Å²) in [6.07, 6.45) is -4.69. The number of H-pyrrole nitrogens is 1. The van der Waals surface area contributed by atoms with Crippen molar-refractivity contribution in [3.63, 3.8) is 0 Å². The number of benzene rings is 2. The predicted molar refractivity (Wildman–Crippen MR) is 86.9 cm³/mol. The number of nitrogens with zero attached hydrogens (tertiary/aromatic N) is 1. The molecule has 0 aliphatic rings. The maximum atomic E-state index is 12.7. The lowest BCUT2D eigenvalue weighted by Crippen LogP contribution is -2.11. The Kier molecular flexibility index (Phi) is 4.34. The van der Waals surface area contributed by atoms with E-state index in [4.69, 9.17) is 11.6 Å². The molecule has 1 N–H and O–H groups in total. The zero-order valence-corrected chi connectivity index (χ0v) is 13.3. The highest BCUT2D eigenvalue weighted by Crippen LogP contribution is 2.29. The van der Waals surface area contributed by atoms with E-state index in [-0.39, 0.29) is 28.1 Å². The van der Waals surface area contributed by atoms with Crippen molar-refractivity contribution >= 4 is 28.2 Å². The van der Waals surface area contributed by atoms with Gasteiger partial charge in [0.05, 0.1) is 10.9 Å². The van der Waals surface area contributed by atoms with Gasteiger partial charge in [0, 0.05) is 17.4 Å². The SMILES string of the molecule is O=C(Cc1cccc(C(F)(F)F)c1)c1ccc2c(Cl)n[nH]c(=O)c2c1. The molecule has 8 heteroatoms. The number of Topliss-reactive ketones (excluding diaryl/α,β-unsaturated/α-hetero) is 1. The number of fused-ring (bicyclic) bond motifs is 1. The fourth-order valence-corrected chi connectivity index (χ4v) is 2.66. The highest BCUT2D eigenvalue weighted by atomic mass is 35.5. The lowest BCUT2D eigenvalue weighted by atomic mass is 9.99. The largest absolute Gasteiger partial charge is 0.416 e. The highest BCUT2D eigenvalue weighted by molar-refractivity contribution is 6.34. The number of carbonyl (C=O) groups excluding carboxylic acids is 1. The molecule has 0 saturated heterocycles. The number of hydrogen-bond donors (Lipinski definition) is 1. The molecular formula is C17H10ClF3N2O2. The minimum absolute atomic E-state index is 0.0893. The minimum Gasteiger partial charge on any atom is -0.294 e. The van der Waals surface area contributed by atoms with Crippen LogP contribution in [-0.4, -0.2) is 16.0 Å². The zero-order valence-electron chi connectivity index (χ0n) is 12.5. The number of ketones is 1. The van der Waals surface area contributed by atoms with Crippen molar-refractivity contribution in [1.82, 2.24) is 10.2 Å². The molecule has 0 unspecified atom stereocenters. The van der Waals surface area contributed by atoms with Gasteiger partial charge in [-0.2, -0.15) is 18.3 Å². The summed E-state index contributed by atoms with van der Waals surface area (Å²) in [5.74, 6) is -0.409. The predicted octanol–water partition coefficient (Wildman–Crippen LogP) is 4.02. The molecule has 0 amide bonds. The molecule has 0 bridgehead atoms. The van der Waals surface area contributed by atoms with E-state index in [0.29, 0.717) is 5.39 Å². The van der Waals surface area contributed by atoms with Gasteiger partial charge in [0.15, 0.2) is 10.9 Å². The summed E-state index contributed by atoms with van der Waals surface area (Å²) in [6.45, 7) is 0. The van der Waals surface area contributed by atoms with E-state index >= 15 is 0 Å². The van der Waals surface area contributed by atoms with Crippen molar-refractivity contribution in [3.8, 4) is 0 Å². The third-order valence-electron chi connectivity index (χ3n) is 3.68. The van der Waals surface area contributed by atoms with Crippen molar-refractivity contribution in [3.05, 3.63) is 74.7 Å². The Balaban J connectivity index is 1.93. The Labute approximate surface area is 144 Å². The molecule has 0 aliphatic heterocycles. The quantitative estimate of drug-likeness (QED) is 0.712.